The highest BCUT2D eigenvalue weighted by atomic mass is 16.5. The van der Waals surface area contributed by atoms with E-state index in [0.29, 0.717) is 6.61 Å². The van der Waals surface area contributed by atoms with Crippen molar-refractivity contribution < 1.29 is 14.6 Å². The number of hydrogen-bond acceptors (Lipinski definition) is 2. The zero-order valence-corrected chi connectivity index (χ0v) is 8.45. The van der Waals surface area contributed by atoms with Gasteiger partial charge in [0.05, 0.1) is 18.6 Å². The minimum atomic E-state index is -0.658. The standard InChI is InChI=1S/C11H18O3/c1-2-3-8-14-10-6-4-9(5-7-10)11(12)13/h2,9-10H,1,3-8H2,(H,12,13). The molecule has 1 aliphatic carbocycles. The minimum Gasteiger partial charge on any atom is -0.481 e. The van der Waals surface area contributed by atoms with Crippen molar-refractivity contribution in [2.45, 2.75) is 38.2 Å². The van der Waals surface area contributed by atoms with Crippen LogP contribution < -0.4 is 0 Å². The number of rotatable bonds is 5. The monoisotopic (exact) mass is 198 g/mol. The topological polar surface area (TPSA) is 46.5 Å². The molecular formula is C11H18O3. The number of carboxylic acid groups (broad SMARTS) is 1. The molecule has 80 valence electrons. The van der Waals surface area contributed by atoms with Crippen LogP contribution in [0.3, 0.4) is 0 Å². The number of ether oxygens (including phenoxy) is 1. The number of carboxylic acids is 1. The smallest absolute Gasteiger partial charge is 0.306 e. The van der Waals surface area contributed by atoms with Gasteiger partial charge in [-0.25, -0.2) is 0 Å². The molecule has 1 fully saturated rings. The number of carbonyl (C=O) groups is 1. The van der Waals surface area contributed by atoms with Crippen LogP contribution in [-0.4, -0.2) is 23.8 Å². The molecule has 0 amide bonds. The summed E-state index contributed by atoms with van der Waals surface area (Å²) in [5.74, 6) is -0.802. The van der Waals surface area contributed by atoms with Crippen LogP contribution >= 0.6 is 0 Å². The zero-order valence-electron chi connectivity index (χ0n) is 8.45. The van der Waals surface area contributed by atoms with E-state index in [9.17, 15) is 4.79 Å². The van der Waals surface area contributed by atoms with E-state index < -0.39 is 5.97 Å². The summed E-state index contributed by atoms with van der Waals surface area (Å²) in [7, 11) is 0. The normalized spacial score (nSPS) is 27.1. The highest BCUT2D eigenvalue weighted by Crippen LogP contribution is 2.26. The lowest BCUT2D eigenvalue weighted by Crippen LogP contribution is -2.26. The van der Waals surface area contributed by atoms with Gasteiger partial charge in [-0.15, -0.1) is 6.58 Å². The molecule has 0 saturated heterocycles. The van der Waals surface area contributed by atoms with Gasteiger partial charge in [-0.05, 0) is 32.1 Å². The summed E-state index contributed by atoms with van der Waals surface area (Å²) in [5, 5.41) is 8.78. The largest absolute Gasteiger partial charge is 0.481 e. The summed E-state index contributed by atoms with van der Waals surface area (Å²) in [6, 6.07) is 0. The minimum absolute atomic E-state index is 0.144. The third kappa shape index (κ3) is 3.50. The molecular weight excluding hydrogens is 180 g/mol. The summed E-state index contributed by atoms with van der Waals surface area (Å²) in [6.45, 7) is 4.34. The third-order valence-corrected chi connectivity index (χ3v) is 2.70. The Labute approximate surface area is 84.8 Å². The van der Waals surface area contributed by atoms with Crippen LogP contribution in [-0.2, 0) is 9.53 Å². The molecule has 0 aromatic carbocycles. The Bertz CT molecular complexity index is 193. The Kier molecular flexibility index (Phi) is 4.66. The lowest BCUT2D eigenvalue weighted by atomic mass is 9.87. The van der Waals surface area contributed by atoms with Gasteiger partial charge in [0.25, 0.3) is 0 Å². The van der Waals surface area contributed by atoms with Gasteiger partial charge in [0.2, 0.25) is 0 Å². The molecule has 0 radical (unpaired) electrons. The molecule has 14 heavy (non-hydrogen) atoms. The van der Waals surface area contributed by atoms with Crippen molar-refractivity contribution in [3.05, 3.63) is 12.7 Å². The van der Waals surface area contributed by atoms with Gasteiger partial charge in [0.1, 0.15) is 0 Å². The van der Waals surface area contributed by atoms with Gasteiger partial charge in [0, 0.05) is 0 Å². The van der Waals surface area contributed by atoms with Crippen LogP contribution in [0.2, 0.25) is 0 Å². The van der Waals surface area contributed by atoms with Gasteiger partial charge in [-0.2, -0.15) is 0 Å². The molecule has 0 aromatic heterocycles. The quantitative estimate of drug-likeness (QED) is 0.544. The summed E-state index contributed by atoms with van der Waals surface area (Å²) < 4.78 is 5.59. The Balaban J connectivity index is 2.15. The fourth-order valence-electron chi connectivity index (χ4n) is 1.79. The van der Waals surface area contributed by atoms with Crippen molar-refractivity contribution in [2.24, 2.45) is 5.92 Å². The van der Waals surface area contributed by atoms with Crippen LogP contribution in [0.4, 0.5) is 0 Å². The molecule has 1 saturated carbocycles. The van der Waals surface area contributed by atoms with Crippen molar-refractivity contribution in [3.8, 4) is 0 Å². The number of hydrogen-bond donors (Lipinski definition) is 1. The lowest BCUT2D eigenvalue weighted by molar-refractivity contribution is -0.143. The molecule has 3 heteroatoms. The van der Waals surface area contributed by atoms with Gasteiger partial charge in [-0.3, -0.25) is 4.79 Å². The van der Waals surface area contributed by atoms with Crippen LogP contribution in [0.25, 0.3) is 0 Å². The molecule has 3 nitrogen and oxygen atoms in total. The average Bonchev–Trinajstić information content (AvgIpc) is 2.19. The second kappa shape index (κ2) is 5.81. The Morgan fingerprint density at radius 2 is 2.07 bits per heavy atom. The molecule has 1 aliphatic rings. The van der Waals surface area contributed by atoms with Crippen molar-refractivity contribution in [3.63, 3.8) is 0 Å². The van der Waals surface area contributed by atoms with Crippen molar-refractivity contribution in [1.82, 2.24) is 0 Å². The van der Waals surface area contributed by atoms with Crippen LogP contribution in [0, 0.1) is 5.92 Å². The molecule has 0 aromatic rings. The third-order valence-electron chi connectivity index (χ3n) is 2.70. The summed E-state index contributed by atoms with van der Waals surface area (Å²) in [4.78, 5) is 10.7. The highest BCUT2D eigenvalue weighted by molar-refractivity contribution is 5.69. The van der Waals surface area contributed by atoms with E-state index in [1.165, 1.54) is 0 Å². The van der Waals surface area contributed by atoms with E-state index in [4.69, 9.17) is 9.84 Å². The molecule has 0 spiro atoms. The Hall–Kier alpha value is -0.830. The second-order valence-corrected chi connectivity index (χ2v) is 3.76. The maximum absolute atomic E-state index is 10.7. The van der Waals surface area contributed by atoms with Gasteiger partial charge in [0.15, 0.2) is 0 Å². The van der Waals surface area contributed by atoms with Crippen molar-refractivity contribution in [1.29, 1.82) is 0 Å². The predicted molar refractivity (Wildman–Crippen MR) is 54.1 cm³/mol. The maximum atomic E-state index is 10.7. The van der Waals surface area contributed by atoms with Crippen molar-refractivity contribution >= 4 is 5.97 Å². The molecule has 0 heterocycles. The van der Waals surface area contributed by atoms with Crippen LogP contribution in [0.5, 0.6) is 0 Å². The van der Waals surface area contributed by atoms with Crippen LogP contribution in [0.15, 0.2) is 12.7 Å². The SMILES string of the molecule is C=CCCOC1CCC(C(=O)O)CC1. The Morgan fingerprint density at radius 3 is 2.57 bits per heavy atom. The van der Waals surface area contributed by atoms with E-state index >= 15 is 0 Å². The zero-order chi connectivity index (χ0) is 10.4. The summed E-state index contributed by atoms with van der Waals surface area (Å²) >= 11 is 0. The fraction of sp³-hybridized carbons (Fsp3) is 0.727. The van der Waals surface area contributed by atoms with Gasteiger partial charge >= 0.3 is 5.97 Å². The Morgan fingerprint density at radius 1 is 1.43 bits per heavy atom. The molecule has 0 bridgehead atoms. The summed E-state index contributed by atoms with van der Waals surface area (Å²) in [5.41, 5.74) is 0. The molecule has 0 atom stereocenters. The molecule has 0 unspecified atom stereocenters. The lowest BCUT2D eigenvalue weighted by Gasteiger charge is -2.25. The van der Waals surface area contributed by atoms with Gasteiger partial charge in [-0.1, -0.05) is 6.08 Å². The second-order valence-electron chi connectivity index (χ2n) is 3.76. The van der Waals surface area contributed by atoms with Gasteiger partial charge < -0.3 is 9.84 Å². The first-order valence-corrected chi connectivity index (χ1v) is 5.19. The maximum Gasteiger partial charge on any atom is 0.306 e. The average molecular weight is 198 g/mol. The summed E-state index contributed by atoms with van der Waals surface area (Å²) in [6.07, 6.45) is 6.26. The first kappa shape index (κ1) is 11.2. The van der Waals surface area contributed by atoms with E-state index in [1.54, 1.807) is 0 Å². The predicted octanol–water partition coefficient (Wildman–Crippen LogP) is 2.22. The fourth-order valence-corrected chi connectivity index (χ4v) is 1.79. The van der Waals surface area contributed by atoms with E-state index in [2.05, 4.69) is 6.58 Å². The van der Waals surface area contributed by atoms with E-state index in [0.717, 1.165) is 32.1 Å². The number of aliphatic carboxylic acids is 1. The first-order valence-electron chi connectivity index (χ1n) is 5.19. The van der Waals surface area contributed by atoms with Crippen molar-refractivity contribution in [2.75, 3.05) is 6.61 Å². The van der Waals surface area contributed by atoms with E-state index in [1.807, 2.05) is 6.08 Å². The molecule has 0 aliphatic heterocycles. The first-order chi connectivity index (χ1) is 6.74. The highest BCUT2D eigenvalue weighted by Gasteiger charge is 2.25. The molecule has 1 N–H and O–H groups in total. The molecule has 1 rings (SSSR count). The van der Waals surface area contributed by atoms with E-state index in [-0.39, 0.29) is 12.0 Å². The van der Waals surface area contributed by atoms with Crippen LogP contribution in [0.1, 0.15) is 32.1 Å².